The van der Waals surface area contributed by atoms with Crippen molar-refractivity contribution in [2.75, 3.05) is 21.3 Å². The smallest absolute Gasteiger partial charge is 0.246 e. The summed E-state index contributed by atoms with van der Waals surface area (Å²) in [5, 5.41) is 0. The van der Waals surface area contributed by atoms with Gasteiger partial charge in [0.05, 0.1) is 14.2 Å². The molecule has 0 saturated carbocycles. The average molecular weight is 339 g/mol. The first kappa shape index (κ1) is 18.6. The van der Waals surface area contributed by atoms with Gasteiger partial charge in [-0.25, -0.2) is 0 Å². The second kappa shape index (κ2) is 8.38. The lowest BCUT2D eigenvalue weighted by Crippen LogP contribution is -2.24. The van der Waals surface area contributed by atoms with E-state index in [9.17, 15) is 4.79 Å². The molecular weight excluding hydrogens is 314 g/mol. The Hall–Kier alpha value is -2.75. The third-order valence-electron chi connectivity index (χ3n) is 4.11. The van der Waals surface area contributed by atoms with Gasteiger partial charge < -0.3 is 14.4 Å². The third kappa shape index (κ3) is 4.86. The Bertz CT molecular complexity index is 781. The zero-order valence-corrected chi connectivity index (χ0v) is 15.5. The van der Waals surface area contributed by atoms with E-state index in [0.717, 1.165) is 11.1 Å². The summed E-state index contributed by atoms with van der Waals surface area (Å²) in [7, 11) is 4.99. The third-order valence-corrected chi connectivity index (χ3v) is 4.11. The molecule has 4 nitrogen and oxygen atoms in total. The van der Waals surface area contributed by atoms with Gasteiger partial charge in [-0.3, -0.25) is 4.79 Å². The number of benzene rings is 2. The molecule has 1 amide bonds. The maximum Gasteiger partial charge on any atom is 0.246 e. The second-order valence-electron chi connectivity index (χ2n) is 6.07. The Balaban J connectivity index is 2.06. The highest BCUT2D eigenvalue weighted by Crippen LogP contribution is 2.28. The van der Waals surface area contributed by atoms with Gasteiger partial charge in [0.1, 0.15) is 0 Å². The Morgan fingerprint density at radius 1 is 1.04 bits per heavy atom. The molecule has 0 atom stereocenters. The standard InChI is InChI=1S/C21H25NO3/c1-15-6-9-18(16(2)12-15)14-22(3)21(23)11-8-17-7-10-19(24-4)20(13-17)25-5/h6-13H,14H2,1-5H3/b11-8+. The van der Waals surface area contributed by atoms with Crippen LogP contribution in [0.4, 0.5) is 0 Å². The van der Waals surface area contributed by atoms with Crippen LogP contribution in [0.3, 0.4) is 0 Å². The highest BCUT2D eigenvalue weighted by atomic mass is 16.5. The number of carbonyl (C=O) groups is 1. The van der Waals surface area contributed by atoms with Crippen molar-refractivity contribution in [1.29, 1.82) is 0 Å². The first-order chi connectivity index (χ1) is 11.9. The molecule has 25 heavy (non-hydrogen) atoms. The monoisotopic (exact) mass is 339 g/mol. The van der Waals surface area contributed by atoms with Crippen LogP contribution in [0.15, 0.2) is 42.5 Å². The Labute approximate surface area is 149 Å². The van der Waals surface area contributed by atoms with Gasteiger partial charge in [-0.2, -0.15) is 0 Å². The van der Waals surface area contributed by atoms with Crippen LogP contribution in [0.5, 0.6) is 11.5 Å². The van der Waals surface area contributed by atoms with Crippen molar-refractivity contribution in [1.82, 2.24) is 4.90 Å². The molecule has 0 aliphatic rings. The van der Waals surface area contributed by atoms with Crippen LogP contribution in [0, 0.1) is 13.8 Å². The van der Waals surface area contributed by atoms with Gasteiger partial charge in [0.25, 0.3) is 0 Å². The number of nitrogens with zero attached hydrogens (tertiary/aromatic N) is 1. The number of amides is 1. The van der Waals surface area contributed by atoms with Crippen LogP contribution in [0.2, 0.25) is 0 Å². The molecule has 0 aliphatic heterocycles. The van der Waals surface area contributed by atoms with E-state index in [4.69, 9.17) is 9.47 Å². The maximum atomic E-state index is 12.4. The summed E-state index contributed by atoms with van der Waals surface area (Å²) in [4.78, 5) is 14.1. The van der Waals surface area contributed by atoms with Gasteiger partial charge in [0.2, 0.25) is 5.91 Å². The van der Waals surface area contributed by atoms with E-state index in [1.54, 1.807) is 38.3 Å². The van der Waals surface area contributed by atoms with Crippen LogP contribution < -0.4 is 9.47 Å². The van der Waals surface area contributed by atoms with Gasteiger partial charge in [-0.05, 0) is 48.7 Å². The van der Waals surface area contributed by atoms with Crippen molar-refractivity contribution in [3.05, 3.63) is 64.7 Å². The second-order valence-corrected chi connectivity index (χ2v) is 6.07. The minimum atomic E-state index is -0.0465. The topological polar surface area (TPSA) is 38.8 Å². The highest BCUT2D eigenvalue weighted by molar-refractivity contribution is 5.91. The summed E-state index contributed by atoms with van der Waals surface area (Å²) in [5.74, 6) is 1.26. The molecule has 0 aliphatic carbocycles. The Morgan fingerprint density at radius 3 is 2.40 bits per heavy atom. The number of rotatable bonds is 6. The van der Waals surface area contributed by atoms with E-state index in [0.29, 0.717) is 18.0 Å². The van der Waals surface area contributed by atoms with Crippen molar-refractivity contribution >= 4 is 12.0 Å². The van der Waals surface area contributed by atoms with Gasteiger partial charge in [0.15, 0.2) is 11.5 Å². The molecule has 0 heterocycles. The van der Waals surface area contributed by atoms with Crippen molar-refractivity contribution < 1.29 is 14.3 Å². The molecule has 0 fully saturated rings. The van der Waals surface area contributed by atoms with Crippen molar-refractivity contribution in [3.8, 4) is 11.5 Å². The van der Waals surface area contributed by atoms with Crippen LogP contribution in [0.25, 0.3) is 6.08 Å². The van der Waals surface area contributed by atoms with Crippen molar-refractivity contribution in [3.63, 3.8) is 0 Å². The number of likely N-dealkylation sites (N-methyl/N-ethyl adjacent to an activating group) is 1. The summed E-state index contributed by atoms with van der Waals surface area (Å²) in [6.07, 6.45) is 3.35. The fraction of sp³-hybridized carbons (Fsp3) is 0.286. The lowest BCUT2D eigenvalue weighted by molar-refractivity contribution is -0.125. The molecule has 2 aromatic carbocycles. The van der Waals surface area contributed by atoms with E-state index < -0.39 is 0 Å². The quantitative estimate of drug-likeness (QED) is 0.747. The molecule has 4 heteroatoms. The van der Waals surface area contributed by atoms with Crippen LogP contribution in [-0.4, -0.2) is 32.1 Å². The summed E-state index contributed by atoms with van der Waals surface area (Å²) in [6, 6.07) is 11.8. The van der Waals surface area contributed by atoms with Crippen LogP contribution in [0.1, 0.15) is 22.3 Å². The number of hydrogen-bond donors (Lipinski definition) is 0. The minimum Gasteiger partial charge on any atom is -0.493 e. The summed E-state index contributed by atoms with van der Waals surface area (Å²) in [6.45, 7) is 4.72. The first-order valence-electron chi connectivity index (χ1n) is 8.16. The minimum absolute atomic E-state index is 0.0465. The summed E-state index contributed by atoms with van der Waals surface area (Å²) in [5.41, 5.74) is 4.46. The molecule has 0 unspecified atom stereocenters. The van der Waals surface area contributed by atoms with Gasteiger partial charge in [0, 0.05) is 19.7 Å². The lowest BCUT2D eigenvalue weighted by atomic mass is 10.1. The molecule has 132 valence electrons. The predicted molar refractivity (Wildman–Crippen MR) is 101 cm³/mol. The fourth-order valence-electron chi connectivity index (χ4n) is 2.61. The maximum absolute atomic E-state index is 12.4. The molecule has 0 spiro atoms. The zero-order valence-electron chi connectivity index (χ0n) is 15.5. The van der Waals surface area contributed by atoms with E-state index in [1.807, 2.05) is 18.2 Å². The first-order valence-corrected chi connectivity index (χ1v) is 8.16. The normalized spacial score (nSPS) is 10.8. The van der Waals surface area contributed by atoms with Crippen LogP contribution >= 0.6 is 0 Å². The van der Waals surface area contributed by atoms with Gasteiger partial charge >= 0.3 is 0 Å². The van der Waals surface area contributed by atoms with Crippen LogP contribution in [-0.2, 0) is 11.3 Å². The molecule has 0 aromatic heterocycles. The molecule has 2 rings (SSSR count). The molecule has 2 aromatic rings. The molecule has 0 N–H and O–H groups in total. The summed E-state index contributed by atoms with van der Waals surface area (Å²) < 4.78 is 10.5. The number of carbonyl (C=O) groups excluding carboxylic acids is 1. The number of ether oxygens (including phenoxy) is 2. The Morgan fingerprint density at radius 2 is 1.76 bits per heavy atom. The van der Waals surface area contributed by atoms with Gasteiger partial charge in [-0.15, -0.1) is 0 Å². The summed E-state index contributed by atoms with van der Waals surface area (Å²) >= 11 is 0. The number of hydrogen-bond acceptors (Lipinski definition) is 3. The van der Waals surface area contributed by atoms with E-state index in [-0.39, 0.29) is 5.91 Å². The van der Waals surface area contributed by atoms with Crippen molar-refractivity contribution in [2.45, 2.75) is 20.4 Å². The molecule has 0 radical (unpaired) electrons. The van der Waals surface area contributed by atoms with Gasteiger partial charge in [-0.1, -0.05) is 29.8 Å². The van der Waals surface area contributed by atoms with E-state index in [1.165, 1.54) is 11.1 Å². The lowest BCUT2D eigenvalue weighted by Gasteiger charge is -2.17. The zero-order chi connectivity index (χ0) is 18.4. The van der Waals surface area contributed by atoms with Crippen molar-refractivity contribution in [2.24, 2.45) is 0 Å². The SMILES string of the molecule is COc1ccc(/C=C/C(=O)N(C)Cc2ccc(C)cc2C)cc1OC. The fourth-order valence-corrected chi connectivity index (χ4v) is 2.61. The average Bonchev–Trinajstić information content (AvgIpc) is 2.61. The highest BCUT2D eigenvalue weighted by Gasteiger charge is 2.08. The Kier molecular flexibility index (Phi) is 6.23. The number of methoxy groups -OCH3 is 2. The predicted octanol–water partition coefficient (Wildman–Crippen LogP) is 3.99. The molecule has 0 saturated heterocycles. The largest absolute Gasteiger partial charge is 0.493 e. The molecule has 0 bridgehead atoms. The number of aryl methyl sites for hydroxylation is 2. The van der Waals surface area contributed by atoms with E-state index >= 15 is 0 Å². The van der Waals surface area contributed by atoms with E-state index in [2.05, 4.69) is 32.0 Å². The molecular formula is C21H25NO3.